The molecule has 0 amide bonds. The number of nitrogens with zero attached hydrogens (tertiary/aromatic N) is 2. The van der Waals surface area contributed by atoms with Crippen LogP contribution in [0.4, 0.5) is 11.5 Å². The van der Waals surface area contributed by atoms with Crippen LogP contribution in [0.5, 0.6) is 0 Å². The number of fused-ring (bicyclic) bond motifs is 1. The Morgan fingerprint density at radius 2 is 1.95 bits per heavy atom. The summed E-state index contributed by atoms with van der Waals surface area (Å²) in [5.41, 5.74) is 2.52. The molecule has 2 aliphatic heterocycles. The van der Waals surface area contributed by atoms with E-state index in [4.69, 9.17) is 0 Å². The fourth-order valence-electron chi connectivity index (χ4n) is 3.09. The minimum atomic E-state index is 0.394. The third kappa shape index (κ3) is 2.60. The standard InChI is InChI=1S/C17H19N3S/c1-2-6-16-14(5-1)15(12-21-16)19-13-7-8-17(18-11-13)20-9-3-4-10-20/h1-2,5-8,11,15,19H,3-4,9-10,12H2. The van der Waals surface area contributed by atoms with Gasteiger partial charge in [-0.25, -0.2) is 4.98 Å². The zero-order valence-electron chi connectivity index (χ0n) is 12.0. The van der Waals surface area contributed by atoms with E-state index in [9.17, 15) is 0 Å². The number of benzene rings is 1. The molecule has 3 heterocycles. The molecule has 108 valence electrons. The minimum absolute atomic E-state index is 0.394. The van der Waals surface area contributed by atoms with E-state index in [-0.39, 0.29) is 0 Å². The van der Waals surface area contributed by atoms with E-state index in [1.807, 2.05) is 18.0 Å². The molecule has 1 aromatic carbocycles. The van der Waals surface area contributed by atoms with Crippen LogP contribution in [0.1, 0.15) is 24.4 Å². The van der Waals surface area contributed by atoms with Gasteiger partial charge in [0, 0.05) is 23.7 Å². The number of pyridine rings is 1. The van der Waals surface area contributed by atoms with Crippen molar-refractivity contribution in [2.24, 2.45) is 0 Å². The van der Waals surface area contributed by atoms with Crippen LogP contribution in [0.3, 0.4) is 0 Å². The molecule has 1 aromatic heterocycles. The highest BCUT2D eigenvalue weighted by Gasteiger charge is 2.22. The van der Waals surface area contributed by atoms with Crippen molar-refractivity contribution in [3.63, 3.8) is 0 Å². The number of aromatic nitrogens is 1. The fourth-order valence-corrected chi connectivity index (χ4v) is 4.25. The molecule has 1 N–H and O–H groups in total. The van der Waals surface area contributed by atoms with Gasteiger partial charge < -0.3 is 10.2 Å². The van der Waals surface area contributed by atoms with Gasteiger partial charge >= 0.3 is 0 Å². The molecule has 2 aromatic rings. The summed E-state index contributed by atoms with van der Waals surface area (Å²) in [5, 5.41) is 3.61. The molecule has 1 saturated heterocycles. The first-order valence-corrected chi connectivity index (χ1v) is 8.58. The molecule has 0 spiro atoms. The van der Waals surface area contributed by atoms with Crippen LogP contribution in [-0.4, -0.2) is 23.8 Å². The lowest BCUT2D eigenvalue weighted by Crippen LogP contribution is -2.19. The first-order valence-electron chi connectivity index (χ1n) is 7.59. The van der Waals surface area contributed by atoms with Crippen LogP contribution in [0, 0.1) is 0 Å². The molecular weight excluding hydrogens is 278 g/mol. The van der Waals surface area contributed by atoms with Crippen LogP contribution in [-0.2, 0) is 0 Å². The van der Waals surface area contributed by atoms with Gasteiger partial charge in [0.2, 0.25) is 0 Å². The maximum absolute atomic E-state index is 4.62. The number of thioether (sulfide) groups is 1. The zero-order valence-corrected chi connectivity index (χ0v) is 12.8. The molecule has 0 bridgehead atoms. The zero-order chi connectivity index (χ0) is 14.1. The van der Waals surface area contributed by atoms with E-state index >= 15 is 0 Å². The van der Waals surface area contributed by atoms with Crippen LogP contribution in [0.15, 0.2) is 47.5 Å². The van der Waals surface area contributed by atoms with Gasteiger partial charge in [0.1, 0.15) is 5.82 Å². The molecule has 4 rings (SSSR count). The maximum Gasteiger partial charge on any atom is 0.128 e. The van der Waals surface area contributed by atoms with Gasteiger partial charge in [-0.3, -0.25) is 0 Å². The molecule has 0 radical (unpaired) electrons. The van der Waals surface area contributed by atoms with Crippen molar-refractivity contribution >= 4 is 23.3 Å². The monoisotopic (exact) mass is 297 g/mol. The lowest BCUT2D eigenvalue weighted by molar-refractivity contribution is 0.894. The molecule has 1 fully saturated rings. The van der Waals surface area contributed by atoms with Crippen molar-refractivity contribution in [2.75, 3.05) is 29.1 Å². The van der Waals surface area contributed by atoms with Gasteiger partial charge in [-0.1, -0.05) is 18.2 Å². The quantitative estimate of drug-likeness (QED) is 0.929. The van der Waals surface area contributed by atoms with Crippen molar-refractivity contribution in [3.05, 3.63) is 48.2 Å². The summed E-state index contributed by atoms with van der Waals surface area (Å²) in [4.78, 5) is 8.38. The molecule has 0 saturated carbocycles. The molecule has 3 nitrogen and oxygen atoms in total. The first kappa shape index (κ1) is 13.0. The molecule has 1 unspecified atom stereocenters. The average molecular weight is 297 g/mol. The van der Waals surface area contributed by atoms with E-state index in [1.54, 1.807) is 0 Å². The highest BCUT2D eigenvalue weighted by molar-refractivity contribution is 7.99. The van der Waals surface area contributed by atoms with Gasteiger partial charge in [0.05, 0.1) is 17.9 Å². The molecule has 1 atom stereocenters. The second kappa shape index (κ2) is 5.60. The third-order valence-electron chi connectivity index (χ3n) is 4.22. The van der Waals surface area contributed by atoms with Crippen LogP contribution < -0.4 is 10.2 Å². The average Bonchev–Trinajstić information content (AvgIpc) is 3.19. The summed E-state index contributed by atoms with van der Waals surface area (Å²) in [5.74, 6) is 2.20. The molecule has 4 heteroatoms. The maximum atomic E-state index is 4.62. The van der Waals surface area contributed by atoms with Gasteiger partial charge in [-0.15, -0.1) is 11.8 Å². The van der Waals surface area contributed by atoms with Crippen molar-refractivity contribution in [1.29, 1.82) is 0 Å². The number of hydrogen-bond donors (Lipinski definition) is 1. The third-order valence-corrected chi connectivity index (χ3v) is 5.40. The van der Waals surface area contributed by atoms with Crippen LogP contribution in [0.2, 0.25) is 0 Å². The predicted octanol–water partition coefficient (Wildman–Crippen LogP) is 3.94. The summed E-state index contributed by atoms with van der Waals surface area (Å²) in [6.45, 7) is 2.29. The lowest BCUT2D eigenvalue weighted by atomic mass is 10.1. The second-order valence-electron chi connectivity index (χ2n) is 5.64. The highest BCUT2D eigenvalue weighted by Crippen LogP contribution is 2.39. The Morgan fingerprint density at radius 3 is 2.76 bits per heavy atom. The molecular formula is C17H19N3S. The summed E-state index contributed by atoms with van der Waals surface area (Å²) in [6, 6.07) is 13.4. The number of anilines is 2. The van der Waals surface area contributed by atoms with Crippen molar-refractivity contribution < 1.29 is 0 Å². The van der Waals surface area contributed by atoms with E-state index in [1.165, 1.54) is 23.3 Å². The van der Waals surface area contributed by atoms with E-state index in [2.05, 4.69) is 51.6 Å². The largest absolute Gasteiger partial charge is 0.376 e. The Morgan fingerprint density at radius 1 is 1.10 bits per heavy atom. The van der Waals surface area contributed by atoms with E-state index in [0.29, 0.717) is 6.04 Å². The van der Waals surface area contributed by atoms with Gasteiger partial charge in [0.25, 0.3) is 0 Å². The second-order valence-corrected chi connectivity index (χ2v) is 6.71. The first-order chi connectivity index (χ1) is 10.4. The minimum Gasteiger partial charge on any atom is -0.376 e. The number of nitrogens with one attached hydrogen (secondary N) is 1. The van der Waals surface area contributed by atoms with Crippen molar-refractivity contribution in [1.82, 2.24) is 4.98 Å². The van der Waals surface area contributed by atoms with Crippen molar-refractivity contribution in [3.8, 4) is 0 Å². The fraction of sp³-hybridized carbons (Fsp3) is 0.353. The summed E-state index contributed by atoms with van der Waals surface area (Å²) in [7, 11) is 0. The SMILES string of the molecule is c1ccc2c(c1)SCC2Nc1ccc(N2CCCC2)nc1. The normalized spacial score (nSPS) is 20.6. The Balaban J connectivity index is 1.48. The van der Waals surface area contributed by atoms with Gasteiger partial charge in [-0.2, -0.15) is 0 Å². The van der Waals surface area contributed by atoms with Gasteiger partial charge in [0.15, 0.2) is 0 Å². The summed E-state index contributed by atoms with van der Waals surface area (Å²) >= 11 is 1.93. The van der Waals surface area contributed by atoms with Crippen LogP contribution >= 0.6 is 11.8 Å². The lowest BCUT2D eigenvalue weighted by Gasteiger charge is -2.18. The summed E-state index contributed by atoms with van der Waals surface area (Å²) < 4.78 is 0. The number of rotatable bonds is 3. The van der Waals surface area contributed by atoms with E-state index < -0.39 is 0 Å². The molecule has 0 aliphatic carbocycles. The Hall–Kier alpha value is -1.68. The number of hydrogen-bond acceptors (Lipinski definition) is 4. The van der Waals surface area contributed by atoms with Crippen molar-refractivity contribution in [2.45, 2.75) is 23.8 Å². The van der Waals surface area contributed by atoms with Gasteiger partial charge in [-0.05, 0) is 36.6 Å². The Labute approximate surface area is 129 Å². The predicted molar refractivity (Wildman–Crippen MR) is 89.2 cm³/mol. The molecule has 2 aliphatic rings. The van der Waals surface area contributed by atoms with E-state index in [0.717, 1.165) is 30.3 Å². The Kier molecular flexibility index (Phi) is 3.47. The summed E-state index contributed by atoms with van der Waals surface area (Å²) in [6.07, 6.45) is 4.55. The smallest absolute Gasteiger partial charge is 0.128 e. The highest BCUT2D eigenvalue weighted by atomic mass is 32.2. The van der Waals surface area contributed by atoms with Crippen LogP contribution in [0.25, 0.3) is 0 Å². The topological polar surface area (TPSA) is 28.2 Å². The Bertz CT molecular complexity index is 620. The molecule has 21 heavy (non-hydrogen) atoms.